The Balaban J connectivity index is 2.10. The van der Waals surface area contributed by atoms with E-state index in [0.29, 0.717) is 20.9 Å². The van der Waals surface area contributed by atoms with Gasteiger partial charge in [0.2, 0.25) is 0 Å². The van der Waals surface area contributed by atoms with Gasteiger partial charge in [-0.2, -0.15) is 0 Å². The highest BCUT2D eigenvalue weighted by molar-refractivity contribution is 7.48. The maximum absolute atomic E-state index is 11.7. The van der Waals surface area contributed by atoms with Gasteiger partial charge < -0.3 is 14.2 Å². The molecule has 0 aliphatic rings. The van der Waals surface area contributed by atoms with Gasteiger partial charge in [-0.15, -0.1) is 0 Å². The molecule has 0 saturated carbocycles. The summed E-state index contributed by atoms with van der Waals surface area (Å²) >= 11 is 0. The molecular formula is C27H31O4P. The summed E-state index contributed by atoms with van der Waals surface area (Å²) in [7, 11) is 3.68. The van der Waals surface area contributed by atoms with E-state index in [-0.39, 0.29) is 5.16 Å². The van der Waals surface area contributed by atoms with E-state index in [1.165, 1.54) is 0 Å². The fourth-order valence-corrected chi connectivity index (χ4v) is 5.67. The summed E-state index contributed by atoms with van der Waals surface area (Å²) in [5.74, 6) is 2.09. The van der Waals surface area contributed by atoms with E-state index >= 15 is 0 Å². The third kappa shape index (κ3) is 5.49. The predicted molar refractivity (Wildman–Crippen MR) is 132 cm³/mol. The highest BCUT2D eigenvalue weighted by atomic mass is 31.1. The Morgan fingerprint density at radius 2 is 1.69 bits per heavy atom. The summed E-state index contributed by atoms with van der Waals surface area (Å²) in [5.41, 5.74) is 2.85. The number of methoxy groups -OCH3 is 2. The number of carbonyl (C=O) groups is 1. The smallest absolute Gasteiger partial charge is 0.166 e. The van der Waals surface area contributed by atoms with Crippen LogP contribution in [0.15, 0.2) is 66.7 Å². The zero-order valence-electron chi connectivity index (χ0n) is 19.2. The predicted octanol–water partition coefficient (Wildman–Crippen LogP) is 6.11. The Labute approximate surface area is 192 Å². The molecule has 32 heavy (non-hydrogen) atoms. The number of benzene rings is 3. The highest BCUT2D eigenvalue weighted by Gasteiger charge is 2.33. The standard InChI is InChI=1S/C27H31O4P/c1-5-15-27(2,32-25-14-10-9-13-21(25)18-28)23-16-22(29-3)17-24(30-4)26(23)31-19-20-11-7-6-8-12-20/h6-14,16-18,32H,5,15,19H2,1-4H3. The molecule has 0 aliphatic carbocycles. The number of hydrogen-bond acceptors (Lipinski definition) is 4. The molecule has 2 atom stereocenters. The first kappa shape index (κ1) is 23.8. The Hall–Kier alpha value is -2.84. The molecule has 0 saturated heterocycles. The van der Waals surface area contributed by atoms with Crippen molar-refractivity contribution >= 4 is 20.2 Å². The molecule has 0 radical (unpaired) electrons. The van der Waals surface area contributed by atoms with Gasteiger partial charge in [0, 0.05) is 22.3 Å². The van der Waals surface area contributed by atoms with Crippen LogP contribution in [0.4, 0.5) is 0 Å². The van der Waals surface area contributed by atoms with Gasteiger partial charge in [0.25, 0.3) is 0 Å². The molecule has 3 aromatic rings. The molecule has 0 aromatic heterocycles. The van der Waals surface area contributed by atoms with Gasteiger partial charge >= 0.3 is 0 Å². The van der Waals surface area contributed by atoms with Crippen molar-refractivity contribution in [3.63, 3.8) is 0 Å². The van der Waals surface area contributed by atoms with E-state index in [9.17, 15) is 4.79 Å². The van der Waals surface area contributed by atoms with Crippen LogP contribution < -0.4 is 19.5 Å². The molecule has 168 valence electrons. The van der Waals surface area contributed by atoms with Gasteiger partial charge in [0.15, 0.2) is 17.8 Å². The quantitative estimate of drug-likeness (QED) is 0.261. The lowest BCUT2D eigenvalue weighted by Crippen LogP contribution is -2.22. The van der Waals surface area contributed by atoms with Crippen LogP contribution in [0, 0.1) is 0 Å². The average Bonchev–Trinajstić information content (AvgIpc) is 2.83. The monoisotopic (exact) mass is 450 g/mol. The van der Waals surface area contributed by atoms with Crippen molar-refractivity contribution in [1.29, 1.82) is 0 Å². The van der Waals surface area contributed by atoms with Crippen LogP contribution in [0.3, 0.4) is 0 Å². The number of aldehydes is 1. The second-order valence-electron chi connectivity index (χ2n) is 7.89. The molecule has 0 bridgehead atoms. The normalized spacial score (nSPS) is 13.0. The lowest BCUT2D eigenvalue weighted by atomic mass is 9.93. The van der Waals surface area contributed by atoms with Crippen molar-refractivity contribution in [3.05, 3.63) is 83.4 Å². The molecule has 2 unspecified atom stereocenters. The van der Waals surface area contributed by atoms with Crippen LogP contribution in [-0.4, -0.2) is 20.5 Å². The van der Waals surface area contributed by atoms with Crippen LogP contribution >= 0.6 is 8.58 Å². The summed E-state index contributed by atoms with van der Waals surface area (Å²) in [6.45, 7) is 4.85. The minimum absolute atomic E-state index is 0.262. The minimum Gasteiger partial charge on any atom is -0.497 e. The Morgan fingerprint density at radius 1 is 0.969 bits per heavy atom. The summed E-state index contributed by atoms with van der Waals surface area (Å²) in [6.07, 6.45) is 2.86. The van der Waals surface area contributed by atoms with E-state index in [2.05, 4.69) is 19.9 Å². The third-order valence-corrected chi connectivity index (χ3v) is 7.35. The Kier molecular flexibility index (Phi) is 8.30. The van der Waals surface area contributed by atoms with Crippen molar-refractivity contribution in [3.8, 4) is 17.2 Å². The maximum Gasteiger partial charge on any atom is 0.166 e. The number of rotatable bonds is 11. The van der Waals surface area contributed by atoms with Crippen LogP contribution in [0.5, 0.6) is 17.2 Å². The molecule has 0 aliphatic heterocycles. The number of ether oxygens (including phenoxy) is 3. The molecule has 0 fully saturated rings. The Morgan fingerprint density at radius 3 is 2.34 bits per heavy atom. The topological polar surface area (TPSA) is 44.8 Å². The number of carbonyl (C=O) groups excluding carboxylic acids is 1. The number of hydrogen-bond donors (Lipinski definition) is 0. The zero-order chi connectivity index (χ0) is 23.0. The first-order chi connectivity index (χ1) is 15.5. The summed E-state index contributed by atoms with van der Waals surface area (Å²) in [5, 5.41) is 0.788. The van der Waals surface area contributed by atoms with Crippen LogP contribution in [0.25, 0.3) is 0 Å². The first-order valence-electron chi connectivity index (χ1n) is 10.8. The molecule has 0 amide bonds. The fraction of sp³-hybridized carbons (Fsp3) is 0.296. The van der Waals surface area contributed by atoms with Gasteiger partial charge in [-0.05, 0) is 23.4 Å². The molecule has 0 heterocycles. The zero-order valence-corrected chi connectivity index (χ0v) is 20.2. The summed E-state index contributed by atoms with van der Waals surface area (Å²) in [4.78, 5) is 11.7. The van der Waals surface area contributed by atoms with Gasteiger partial charge in [-0.3, -0.25) is 4.79 Å². The lowest BCUT2D eigenvalue weighted by molar-refractivity contribution is 0.112. The molecule has 3 aromatic carbocycles. The molecule has 5 heteroatoms. The molecule has 0 spiro atoms. The lowest BCUT2D eigenvalue weighted by Gasteiger charge is -2.33. The molecule has 4 nitrogen and oxygen atoms in total. The Bertz CT molecular complexity index is 1040. The molecule has 0 N–H and O–H groups in total. The SMILES string of the molecule is CCCC(C)(Pc1ccccc1C=O)c1cc(OC)cc(OC)c1OCc1ccccc1. The van der Waals surface area contributed by atoms with Gasteiger partial charge in [0.05, 0.1) is 14.2 Å². The van der Waals surface area contributed by atoms with E-state index in [1.54, 1.807) is 14.2 Å². The van der Waals surface area contributed by atoms with Crippen molar-refractivity contribution in [2.75, 3.05) is 14.2 Å². The van der Waals surface area contributed by atoms with E-state index in [4.69, 9.17) is 14.2 Å². The third-order valence-electron chi connectivity index (χ3n) is 5.55. The second-order valence-corrected chi connectivity index (χ2v) is 9.79. The van der Waals surface area contributed by atoms with E-state index in [0.717, 1.165) is 52.6 Å². The van der Waals surface area contributed by atoms with Crippen LogP contribution in [-0.2, 0) is 11.8 Å². The maximum atomic E-state index is 11.7. The van der Waals surface area contributed by atoms with E-state index in [1.807, 2.05) is 60.7 Å². The largest absolute Gasteiger partial charge is 0.497 e. The van der Waals surface area contributed by atoms with Crippen molar-refractivity contribution in [1.82, 2.24) is 0 Å². The second kappa shape index (κ2) is 11.2. The van der Waals surface area contributed by atoms with Gasteiger partial charge in [-0.1, -0.05) is 83.4 Å². The van der Waals surface area contributed by atoms with E-state index < -0.39 is 0 Å². The van der Waals surface area contributed by atoms with Crippen LogP contribution in [0.2, 0.25) is 0 Å². The first-order valence-corrected chi connectivity index (χ1v) is 11.8. The average molecular weight is 451 g/mol. The van der Waals surface area contributed by atoms with Gasteiger partial charge in [0.1, 0.15) is 12.4 Å². The molecular weight excluding hydrogens is 419 g/mol. The van der Waals surface area contributed by atoms with Crippen molar-refractivity contribution in [2.45, 2.75) is 38.5 Å². The van der Waals surface area contributed by atoms with Crippen molar-refractivity contribution in [2.24, 2.45) is 0 Å². The fourth-order valence-electron chi connectivity index (χ4n) is 3.91. The summed E-state index contributed by atoms with van der Waals surface area (Å²) < 4.78 is 17.7. The highest BCUT2D eigenvalue weighted by Crippen LogP contribution is 2.52. The van der Waals surface area contributed by atoms with Gasteiger partial charge in [-0.25, -0.2) is 0 Å². The van der Waals surface area contributed by atoms with Crippen LogP contribution in [0.1, 0.15) is 48.2 Å². The molecule has 3 rings (SSSR count). The summed E-state index contributed by atoms with van der Waals surface area (Å²) in [6, 6.07) is 21.8. The van der Waals surface area contributed by atoms with Crippen molar-refractivity contribution < 1.29 is 19.0 Å². The minimum atomic E-state index is -0.262.